The third-order valence-electron chi connectivity index (χ3n) is 2.32. The van der Waals surface area contributed by atoms with E-state index in [4.69, 9.17) is 0 Å². The molecule has 2 aromatic heterocycles. The third kappa shape index (κ3) is 4.19. The molecule has 1 N–H and O–H groups in total. The largest absolute Gasteiger partial charge is 0.351 e. The summed E-state index contributed by atoms with van der Waals surface area (Å²) >= 11 is 4.81. The van der Waals surface area contributed by atoms with Gasteiger partial charge in [-0.1, -0.05) is 6.07 Å². The molecule has 2 rings (SSSR count). The summed E-state index contributed by atoms with van der Waals surface area (Å²) in [7, 11) is 0. The van der Waals surface area contributed by atoms with Crippen molar-refractivity contribution < 1.29 is 4.79 Å². The molecule has 0 aliphatic heterocycles. The van der Waals surface area contributed by atoms with E-state index in [9.17, 15) is 4.79 Å². The number of rotatable bonds is 5. The molecule has 0 unspecified atom stereocenters. The van der Waals surface area contributed by atoms with E-state index < -0.39 is 0 Å². The Bertz CT molecular complexity index is 515. The number of hydrogen-bond donors (Lipinski definition) is 1. The summed E-state index contributed by atoms with van der Waals surface area (Å²) in [4.78, 5) is 20.9. The van der Waals surface area contributed by atoms with Gasteiger partial charge in [-0.3, -0.25) is 9.78 Å². The first-order valence-electron chi connectivity index (χ1n) is 5.51. The molecule has 0 aliphatic rings. The van der Waals surface area contributed by atoms with E-state index in [2.05, 4.69) is 31.2 Å². The second kappa shape index (κ2) is 6.61. The highest BCUT2D eigenvalue weighted by Gasteiger charge is 2.04. The second-order valence-electron chi connectivity index (χ2n) is 3.68. The van der Waals surface area contributed by atoms with Crippen LogP contribution in [-0.2, 0) is 17.8 Å². The van der Waals surface area contributed by atoms with Crippen molar-refractivity contribution in [3.05, 3.63) is 45.1 Å². The molecule has 6 heteroatoms. The molecule has 94 valence electrons. The minimum Gasteiger partial charge on any atom is -0.351 e. The lowest BCUT2D eigenvalue weighted by Gasteiger charge is -2.03. The SMILES string of the molecule is O=C(CCc1ccccn1)NCc1cnc(Br)s1. The van der Waals surface area contributed by atoms with E-state index in [0.717, 1.165) is 14.5 Å². The summed E-state index contributed by atoms with van der Waals surface area (Å²) in [6, 6.07) is 5.72. The van der Waals surface area contributed by atoms with E-state index >= 15 is 0 Å². The van der Waals surface area contributed by atoms with Crippen LogP contribution in [0.3, 0.4) is 0 Å². The van der Waals surface area contributed by atoms with Crippen LogP contribution in [-0.4, -0.2) is 15.9 Å². The summed E-state index contributed by atoms with van der Waals surface area (Å²) in [5, 5.41) is 2.87. The van der Waals surface area contributed by atoms with Crippen molar-refractivity contribution in [2.24, 2.45) is 0 Å². The summed E-state index contributed by atoms with van der Waals surface area (Å²) in [6.07, 6.45) is 4.62. The molecular formula is C12H12BrN3OS. The topological polar surface area (TPSA) is 54.9 Å². The number of amides is 1. The van der Waals surface area contributed by atoms with Crippen LogP contribution in [0.2, 0.25) is 0 Å². The standard InChI is InChI=1S/C12H12BrN3OS/c13-12-16-8-10(18-12)7-15-11(17)5-4-9-3-1-2-6-14-9/h1-3,6,8H,4-5,7H2,(H,15,17). The molecule has 0 atom stereocenters. The first kappa shape index (κ1) is 13.2. The lowest BCUT2D eigenvalue weighted by atomic mass is 10.2. The van der Waals surface area contributed by atoms with Crippen LogP contribution in [0.4, 0.5) is 0 Å². The smallest absolute Gasteiger partial charge is 0.220 e. The summed E-state index contributed by atoms with van der Waals surface area (Å²) in [5.74, 6) is 0.0326. The van der Waals surface area contributed by atoms with E-state index in [1.165, 1.54) is 11.3 Å². The van der Waals surface area contributed by atoms with E-state index in [1.807, 2.05) is 18.2 Å². The number of aryl methyl sites for hydroxylation is 1. The van der Waals surface area contributed by atoms with Crippen LogP contribution in [0.5, 0.6) is 0 Å². The fraction of sp³-hybridized carbons (Fsp3) is 0.250. The average Bonchev–Trinajstić information content (AvgIpc) is 2.81. The molecule has 0 bridgehead atoms. The Hall–Kier alpha value is -1.27. The van der Waals surface area contributed by atoms with Gasteiger partial charge in [0.15, 0.2) is 3.92 Å². The number of halogens is 1. The molecule has 1 amide bonds. The minimum absolute atomic E-state index is 0.0326. The van der Waals surface area contributed by atoms with Crippen molar-refractivity contribution in [3.63, 3.8) is 0 Å². The van der Waals surface area contributed by atoms with Gasteiger partial charge in [0.1, 0.15) is 0 Å². The highest BCUT2D eigenvalue weighted by molar-refractivity contribution is 9.11. The number of hydrogen-bond acceptors (Lipinski definition) is 4. The van der Waals surface area contributed by atoms with Gasteiger partial charge >= 0.3 is 0 Å². The average molecular weight is 326 g/mol. The molecule has 0 aromatic carbocycles. The maximum Gasteiger partial charge on any atom is 0.220 e. The van der Waals surface area contributed by atoms with Gasteiger partial charge in [-0.25, -0.2) is 4.98 Å². The number of pyridine rings is 1. The quantitative estimate of drug-likeness (QED) is 0.919. The van der Waals surface area contributed by atoms with Gasteiger partial charge in [-0.2, -0.15) is 0 Å². The minimum atomic E-state index is 0.0326. The predicted octanol–water partition coefficient (Wildman–Crippen LogP) is 2.55. The van der Waals surface area contributed by atoms with Crippen molar-refractivity contribution in [1.29, 1.82) is 0 Å². The Morgan fingerprint density at radius 3 is 2.94 bits per heavy atom. The number of thiazole rings is 1. The summed E-state index contributed by atoms with van der Waals surface area (Å²) in [5.41, 5.74) is 0.938. The Labute approximate surface area is 118 Å². The van der Waals surface area contributed by atoms with Gasteiger partial charge in [0.05, 0.1) is 6.54 Å². The monoisotopic (exact) mass is 325 g/mol. The van der Waals surface area contributed by atoms with Crippen molar-refractivity contribution in [2.75, 3.05) is 0 Å². The Morgan fingerprint density at radius 2 is 2.28 bits per heavy atom. The summed E-state index contributed by atoms with van der Waals surface area (Å²) < 4.78 is 0.834. The van der Waals surface area contributed by atoms with Crippen molar-refractivity contribution in [3.8, 4) is 0 Å². The Kier molecular flexibility index (Phi) is 4.83. The maximum atomic E-state index is 11.6. The number of nitrogens with zero attached hydrogens (tertiary/aromatic N) is 2. The van der Waals surface area contributed by atoms with Crippen LogP contribution >= 0.6 is 27.3 Å². The van der Waals surface area contributed by atoms with E-state index in [-0.39, 0.29) is 5.91 Å². The molecule has 0 radical (unpaired) electrons. The van der Waals surface area contributed by atoms with Gasteiger partial charge in [-0.05, 0) is 34.5 Å². The number of aromatic nitrogens is 2. The van der Waals surface area contributed by atoms with E-state index in [1.54, 1.807) is 12.4 Å². The Balaban J connectivity index is 1.73. The maximum absolute atomic E-state index is 11.6. The number of carbonyl (C=O) groups excluding carboxylic acids is 1. The van der Waals surface area contributed by atoms with Gasteiger partial charge < -0.3 is 5.32 Å². The van der Waals surface area contributed by atoms with Crippen LogP contribution in [0.15, 0.2) is 34.5 Å². The fourth-order valence-electron chi connectivity index (χ4n) is 1.43. The second-order valence-corrected chi connectivity index (χ2v) is 6.07. The molecule has 0 saturated heterocycles. The zero-order valence-electron chi connectivity index (χ0n) is 9.60. The van der Waals surface area contributed by atoms with Crippen LogP contribution in [0, 0.1) is 0 Å². The number of nitrogens with one attached hydrogen (secondary N) is 1. The lowest BCUT2D eigenvalue weighted by Crippen LogP contribution is -2.22. The van der Waals surface area contributed by atoms with Gasteiger partial charge in [0.2, 0.25) is 5.91 Å². The lowest BCUT2D eigenvalue weighted by molar-refractivity contribution is -0.121. The van der Waals surface area contributed by atoms with Gasteiger partial charge in [0, 0.05) is 29.4 Å². The van der Waals surface area contributed by atoms with Crippen molar-refractivity contribution >= 4 is 33.2 Å². The molecule has 4 nitrogen and oxygen atoms in total. The zero-order valence-corrected chi connectivity index (χ0v) is 12.0. The van der Waals surface area contributed by atoms with Crippen molar-refractivity contribution in [2.45, 2.75) is 19.4 Å². The molecule has 18 heavy (non-hydrogen) atoms. The predicted molar refractivity (Wildman–Crippen MR) is 74.2 cm³/mol. The molecule has 0 aliphatic carbocycles. The van der Waals surface area contributed by atoms with Gasteiger partial charge in [0.25, 0.3) is 0 Å². The first-order chi connectivity index (χ1) is 8.74. The van der Waals surface area contributed by atoms with Crippen molar-refractivity contribution in [1.82, 2.24) is 15.3 Å². The highest BCUT2D eigenvalue weighted by Crippen LogP contribution is 2.17. The number of carbonyl (C=O) groups is 1. The normalized spacial score (nSPS) is 10.3. The van der Waals surface area contributed by atoms with Gasteiger partial charge in [-0.15, -0.1) is 11.3 Å². The summed E-state index contributed by atoms with van der Waals surface area (Å²) in [6.45, 7) is 0.532. The zero-order chi connectivity index (χ0) is 12.8. The van der Waals surface area contributed by atoms with E-state index in [0.29, 0.717) is 19.4 Å². The third-order valence-corrected chi connectivity index (χ3v) is 3.80. The molecule has 0 spiro atoms. The Morgan fingerprint density at radius 1 is 1.39 bits per heavy atom. The molecule has 2 heterocycles. The fourth-order valence-corrected chi connectivity index (χ4v) is 2.72. The first-order valence-corrected chi connectivity index (χ1v) is 7.12. The van der Waals surface area contributed by atoms with Crippen LogP contribution < -0.4 is 5.32 Å². The molecule has 0 saturated carbocycles. The molecule has 0 fully saturated rings. The highest BCUT2D eigenvalue weighted by atomic mass is 79.9. The molecule has 2 aromatic rings. The molecular weight excluding hydrogens is 314 g/mol. The van der Waals surface area contributed by atoms with Crippen LogP contribution in [0.1, 0.15) is 17.0 Å². The van der Waals surface area contributed by atoms with Crippen LogP contribution in [0.25, 0.3) is 0 Å².